The number of aromatic amines is 1. The van der Waals surface area contributed by atoms with Crippen molar-refractivity contribution in [2.75, 3.05) is 31.1 Å². The number of H-pyrrole nitrogens is 1. The fourth-order valence-corrected chi connectivity index (χ4v) is 4.74. The Hall–Kier alpha value is -2.37. The first kappa shape index (κ1) is 18.0. The Morgan fingerprint density at radius 3 is 2.74 bits per heavy atom. The Kier molecular flexibility index (Phi) is 4.89. The molecule has 1 amide bonds. The number of amides is 1. The summed E-state index contributed by atoms with van der Waals surface area (Å²) >= 11 is 0. The first-order chi connectivity index (χ1) is 13.0. The van der Waals surface area contributed by atoms with E-state index in [2.05, 4.69) is 50.7 Å². The highest BCUT2D eigenvalue weighted by molar-refractivity contribution is 5.77. The number of imidazole rings is 1. The molecule has 4 rings (SSSR count). The monoisotopic (exact) mass is 367 g/mol. The predicted molar refractivity (Wildman–Crippen MR) is 106 cm³/mol. The molecule has 6 nitrogen and oxygen atoms in total. The normalized spacial score (nSPS) is 23.3. The number of pyridine rings is 1. The zero-order chi connectivity index (χ0) is 18.9. The number of carbonyl (C=O) groups is 1. The van der Waals surface area contributed by atoms with Gasteiger partial charge in [0, 0.05) is 73.4 Å². The number of aryl methyl sites for hydroxylation is 2. The number of hydrogen-bond donors (Lipinski definition) is 1. The van der Waals surface area contributed by atoms with Crippen LogP contribution in [0, 0.1) is 19.3 Å². The third-order valence-corrected chi connectivity index (χ3v) is 6.05. The Morgan fingerprint density at radius 1 is 1.19 bits per heavy atom. The Bertz CT molecular complexity index is 783. The lowest BCUT2D eigenvalue weighted by atomic mass is 9.73. The summed E-state index contributed by atoms with van der Waals surface area (Å²) in [6.45, 7) is 7.89. The lowest BCUT2D eigenvalue weighted by Gasteiger charge is -2.49. The standard InChI is InChI=1S/C21H29N5O/c1-16-10-19(11-17(2)24-16)25-8-3-6-21(13-25)7-4-20(27)26(14-21)9-5-18-12-22-15-23-18/h10-12,15H,3-9,13-14H2,1-2H3,(H,22,23)/t21-/m1/s1. The average Bonchev–Trinajstić information content (AvgIpc) is 3.16. The molecule has 2 aromatic rings. The maximum absolute atomic E-state index is 12.5. The molecule has 144 valence electrons. The largest absolute Gasteiger partial charge is 0.371 e. The van der Waals surface area contributed by atoms with E-state index in [4.69, 9.17) is 0 Å². The topological polar surface area (TPSA) is 65.1 Å². The quantitative estimate of drug-likeness (QED) is 0.902. The van der Waals surface area contributed by atoms with Crippen molar-refractivity contribution in [2.45, 2.75) is 46.0 Å². The van der Waals surface area contributed by atoms with Crippen LogP contribution in [-0.2, 0) is 11.2 Å². The number of piperidine rings is 2. The summed E-state index contributed by atoms with van der Waals surface area (Å²) in [5, 5.41) is 0. The first-order valence-electron chi connectivity index (χ1n) is 9.98. The fourth-order valence-electron chi connectivity index (χ4n) is 4.74. The van der Waals surface area contributed by atoms with Crippen molar-refractivity contribution in [3.05, 3.63) is 41.7 Å². The second kappa shape index (κ2) is 7.33. The minimum Gasteiger partial charge on any atom is -0.371 e. The van der Waals surface area contributed by atoms with Crippen LogP contribution in [0.5, 0.6) is 0 Å². The molecule has 0 unspecified atom stereocenters. The number of likely N-dealkylation sites (tertiary alicyclic amines) is 1. The van der Waals surface area contributed by atoms with Gasteiger partial charge in [0.25, 0.3) is 0 Å². The molecule has 2 aliphatic rings. The van der Waals surface area contributed by atoms with Gasteiger partial charge in [-0.1, -0.05) is 0 Å². The van der Waals surface area contributed by atoms with Crippen LogP contribution in [0.3, 0.4) is 0 Å². The summed E-state index contributed by atoms with van der Waals surface area (Å²) in [6, 6.07) is 4.38. The Balaban J connectivity index is 1.47. The average molecular weight is 367 g/mol. The van der Waals surface area contributed by atoms with Crippen LogP contribution in [0.25, 0.3) is 0 Å². The minimum absolute atomic E-state index is 0.214. The van der Waals surface area contributed by atoms with Gasteiger partial charge < -0.3 is 14.8 Å². The molecule has 6 heteroatoms. The summed E-state index contributed by atoms with van der Waals surface area (Å²) in [7, 11) is 0. The van der Waals surface area contributed by atoms with Crippen LogP contribution < -0.4 is 4.90 Å². The summed E-state index contributed by atoms with van der Waals surface area (Å²) < 4.78 is 0. The number of nitrogens with zero attached hydrogens (tertiary/aromatic N) is 4. The van der Waals surface area contributed by atoms with Gasteiger partial charge in [0.15, 0.2) is 0 Å². The highest BCUT2D eigenvalue weighted by atomic mass is 16.2. The molecule has 2 aliphatic heterocycles. The molecule has 0 radical (unpaired) electrons. The van der Waals surface area contributed by atoms with Crippen LogP contribution in [0.15, 0.2) is 24.7 Å². The lowest BCUT2D eigenvalue weighted by molar-refractivity contribution is -0.137. The summed E-state index contributed by atoms with van der Waals surface area (Å²) in [6.07, 6.45) is 8.46. The molecule has 0 aromatic carbocycles. The van der Waals surface area contributed by atoms with E-state index in [1.54, 1.807) is 6.33 Å². The van der Waals surface area contributed by atoms with Crippen molar-refractivity contribution in [1.82, 2.24) is 19.9 Å². The van der Waals surface area contributed by atoms with Gasteiger partial charge in [-0.15, -0.1) is 0 Å². The second-order valence-corrected chi connectivity index (χ2v) is 8.28. The highest BCUT2D eigenvalue weighted by Gasteiger charge is 2.41. The van der Waals surface area contributed by atoms with E-state index in [0.29, 0.717) is 12.3 Å². The molecule has 1 N–H and O–H groups in total. The molecular weight excluding hydrogens is 338 g/mol. The third-order valence-electron chi connectivity index (χ3n) is 6.05. The summed E-state index contributed by atoms with van der Waals surface area (Å²) in [4.78, 5) is 28.8. The summed E-state index contributed by atoms with van der Waals surface area (Å²) in [5.74, 6) is 0.299. The van der Waals surface area contributed by atoms with Crippen molar-refractivity contribution in [1.29, 1.82) is 0 Å². The maximum Gasteiger partial charge on any atom is 0.222 e. The van der Waals surface area contributed by atoms with E-state index in [1.165, 1.54) is 18.5 Å². The van der Waals surface area contributed by atoms with Gasteiger partial charge in [-0.2, -0.15) is 0 Å². The van der Waals surface area contributed by atoms with E-state index < -0.39 is 0 Å². The van der Waals surface area contributed by atoms with E-state index in [1.807, 2.05) is 6.20 Å². The van der Waals surface area contributed by atoms with Crippen molar-refractivity contribution in [2.24, 2.45) is 5.41 Å². The molecular formula is C21H29N5O. The fraction of sp³-hybridized carbons (Fsp3) is 0.571. The van der Waals surface area contributed by atoms with Crippen molar-refractivity contribution >= 4 is 11.6 Å². The van der Waals surface area contributed by atoms with E-state index in [9.17, 15) is 4.79 Å². The van der Waals surface area contributed by atoms with Crippen molar-refractivity contribution in [3.8, 4) is 0 Å². The number of rotatable bonds is 4. The highest BCUT2D eigenvalue weighted by Crippen LogP contribution is 2.40. The molecule has 2 fully saturated rings. The molecule has 2 aromatic heterocycles. The minimum atomic E-state index is 0.214. The molecule has 4 heterocycles. The second-order valence-electron chi connectivity index (χ2n) is 8.28. The van der Waals surface area contributed by atoms with Gasteiger partial charge in [0.1, 0.15) is 0 Å². The van der Waals surface area contributed by atoms with Gasteiger partial charge in [0.05, 0.1) is 6.33 Å². The van der Waals surface area contributed by atoms with Crippen LogP contribution in [-0.4, -0.2) is 51.9 Å². The SMILES string of the molecule is Cc1cc(N2CCC[C@@]3(CCC(=O)N(CCc4cnc[nH]4)C3)C2)cc(C)n1. The van der Waals surface area contributed by atoms with Crippen molar-refractivity contribution < 1.29 is 4.79 Å². The lowest BCUT2D eigenvalue weighted by Crippen LogP contribution is -2.54. The third kappa shape index (κ3) is 3.99. The van der Waals surface area contributed by atoms with Crippen LogP contribution in [0.2, 0.25) is 0 Å². The Morgan fingerprint density at radius 2 is 2.00 bits per heavy atom. The molecule has 27 heavy (non-hydrogen) atoms. The van der Waals surface area contributed by atoms with Crippen LogP contribution >= 0.6 is 0 Å². The summed E-state index contributed by atoms with van der Waals surface area (Å²) in [5.41, 5.74) is 4.73. The van der Waals surface area contributed by atoms with E-state index in [0.717, 1.165) is 56.1 Å². The molecule has 0 aliphatic carbocycles. The van der Waals surface area contributed by atoms with E-state index in [-0.39, 0.29) is 5.41 Å². The number of anilines is 1. The van der Waals surface area contributed by atoms with Gasteiger partial charge in [-0.3, -0.25) is 9.78 Å². The Labute approximate surface area is 161 Å². The van der Waals surface area contributed by atoms with Crippen LogP contribution in [0.4, 0.5) is 5.69 Å². The number of carbonyl (C=O) groups excluding carboxylic acids is 1. The molecule has 0 saturated carbocycles. The van der Waals surface area contributed by atoms with Gasteiger partial charge >= 0.3 is 0 Å². The van der Waals surface area contributed by atoms with Gasteiger partial charge in [-0.25, -0.2) is 4.98 Å². The molecule has 2 saturated heterocycles. The van der Waals surface area contributed by atoms with E-state index >= 15 is 0 Å². The first-order valence-corrected chi connectivity index (χ1v) is 9.98. The molecule has 1 atom stereocenters. The number of hydrogen-bond acceptors (Lipinski definition) is 4. The molecule has 1 spiro atoms. The maximum atomic E-state index is 12.5. The van der Waals surface area contributed by atoms with Crippen molar-refractivity contribution in [3.63, 3.8) is 0 Å². The molecule has 0 bridgehead atoms. The zero-order valence-electron chi connectivity index (χ0n) is 16.4. The number of aromatic nitrogens is 3. The predicted octanol–water partition coefficient (Wildman–Crippen LogP) is 2.87. The number of nitrogens with one attached hydrogen (secondary N) is 1. The zero-order valence-corrected chi connectivity index (χ0v) is 16.4. The van der Waals surface area contributed by atoms with Gasteiger partial charge in [0.2, 0.25) is 5.91 Å². The smallest absolute Gasteiger partial charge is 0.222 e. The van der Waals surface area contributed by atoms with Gasteiger partial charge in [-0.05, 0) is 45.2 Å². The van der Waals surface area contributed by atoms with Crippen LogP contribution in [0.1, 0.15) is 42.8 Å².